The molecule has 1 aliphatic heterocycles. The van der Waals surface area contributed by atoms with Crippen molar-refractivity contribution in [3.63, 3.8) is 0 Å². The summed E-state index contributed by atoms with van der Waals surface area (Å²) in [5.41, 5.74) is 1.03. The van der Waals surface area contributed by atoms with Crippen LogP contribution in [0.3, 0.4) is 0 Å². The van der Waals surface area contributed by atoms with Crippen LogP contribution in [0.2, 0.25) is 0 Å². The van der Waals surface area contributed by atoms with Gasteiger partial charge in [0.25, 0.3) is 0 Å². The predicted octanol–water partition coefficient (Wildman–Crippen LogP) is 2.06. The third-order valence-corrected chi connectivity index (χ3v) is 4.87. The van der Waals surface area contributed by atoms with Gasteiger partial charge in [0, 0.05) is 11.8 Å². The lowest BCUT2D eigenvalue weighted by molar-refractivity contribution is -0.151. The van der Waals surface area contributed by atoms with Gasteiger partial charge in [-0.2, -0.15) is 5.26 Å². The number of aliphatic hydroxyl groups excluding tert-OH is 1. The second kappa shape index (κ2) is 5.87. The topological polar surface area (TPSA) is 64.3 Å². The van der Waals surface area contributed by atoms with Gasteiger partial charge in [0.15, 0.2) is 0 Å². The van der Waals surface area contributed by atoms with Crippen molar-refractivity contribution in [2.75, 3.05) is 6.61 Å². The lowest BCUT2D eigenvalue weighted by Gasteiger charge is -2.52. The molecule has 1 N–H and O–H groups in total. The first-order valence-corrected chi connectivity index (χ1v) is 7.65. The van der Waals surface area contributed by atoms with Crippen LogP contribution in [-0.4, -0.2) is 34.6 Å². The van der Waals surface area contributed by atoms with Gasteiger partial charge in [0.1, 0.15) is 6.04 Å². The molecule has 3 atom stereocenters. The smallest absolute Gasteiger partial charge is 0.227 e. The third kappa shape index (κ3) is 2.32. The van der Waals surface area contributed by atoms with Crippen LogP contribution in [-0.2, 0) is 4.79 Å². The molecule has 1 aromatic rings. The van der Waals surface area contributed by atoms with Crippen LogP contribution in [0.15, 0.2) is 30.3 Å². The maximum atomic E-state index is 12.6. The van der Waals surface area contributed by atoms with Crippen LogP contribution in [0.1, 0.15) is 37.2 Å². The Morgan fingerprint density at radius 2 is 1.95 bits per heavy atom. The van der Waals surface area contributed by atoms with E-state index in [1.165, 1.54) is 0 Å². The summed E-state index contributed by atoms with van der Waals surface area (Å²) in [7, 11) is 0. The van der Waals surface area contributed by atoms with Crippen LogP contribution in [0.5, 0.6) is 0 Å². The van der Waals surface area contributed by atoms with Crippen LogP contribution in [0.25, 0.3) is 0 Å². The van der Waals surface area contributed by atoms with Crippen molar-refractivity contribution in [2.45, 2.75) is 43.7 Å². The standard InChI is InChI=1S/C17H20N2O2/c18-10-14-16(12-6-2-1-3-7-12)15(11-20)19(14)17(21)13-8-4-5-9-13/h1-3,6-7,13-16,20H,4-5,8-9,11H2/t14-,15+,16-/m0/s1. The van der Waals surface area contributed by atoms with Gasteiger partial charge < -0.3 is 10.0 Å². The van der Waals surface area contributed by atoms with Gasteiger partial charge in [-0.1, -0.05) is 43.2 Å². The quantitative estimate of drug-likeness (QED) is 0.924. The van der Waals surface area contributed by atoms with Crippen molar-refractivity contribution >= 4 is 5.91 Å². The van der Waals surface area contributed by atoms with Crippen LogP contribution >= 0.6 is 0 Å². The largest absolute Gasteiger partial charge is 0.394 e. The van der Waals surface area contributed by atoms with E-state index in [2.05, 4.69) is 6.07 Å². The Labute approximate surface area is 125 Å². The summed E-state index contributed by atoms with van der Waals surface area (Å²) in [4.78, 5) is 14.2. The van der Waals surface area contributed by atoms with Gasteiger partial charge >= 0.3 is 0 Å². The Bertz CT molecular complexity index is 546. The summed E-state index contributed by atoms with van der Waals surface area (Å²) in [6.45, 7) is -0.0871. The zero-order valence-electron chi connectivity index (χ0n) is 12.0. The number of likely N-dealkylation sites (tertiary alicyclic amines) is 1. The van der Waals surface area contributed by atoms with Crippen molar-refractivity contribution in [3.8, 4) is 6.07 Å². The number of amides is 1. The second-order valence-electron chi connectivity index (χ2n) is 5.99. The van der Waals surface area contributed by atoms with Crippen LogP contribution < -0.4 is 0 Å². The summed E-state index contributed by atoms with van der Waals surface area (Å²) in [6.07, 6.45) is 4.02. The number of hydrogen-bond acceptors (Lipinski definition) is 3. The molecule has 0 bridgehead atoms. The fourth-order valence-electron chi connectivity index (χ4n) is 3.77. The number of nitriles is 1. The normalized spacial score (nSPS) is 29.0. The molecule has 0 spiro atoms. The van der Waals surface area contributed by atoms with Crippen molar-refractivity contribution in [2.24, 2.45) is 5.92 Å². The Balaban J connectivity index is 1.83. The summed E-state index contributed by atoms with van der Waals surface area (Å²) in [5.74, 6) is 0.0310. The third-order valence-electron chi connectivity index (χ3n) is 4.87. The zero-order chi connectivity index (χ0) is 14.8. The molecule has 2 fully saturated rings. The van der Waals surface area contributed by atoms with Gasteiger partial charge in [-0.3, -0.25) is 4.79 Å². The highest BCUT2D eigenvalue weighted by Crippen LogP contribution is 2.42. The van der Waals surface area contributed by atoms with Crippen molar-refractivity contribution in [3.05, 3.63) is 35.9 Å². The Hall–Kier alpha value is -1.86. The minimum absolute atomic E-state index is 0.0478. The molecule has 21 heavy (non-hydrogen) atoms. The summed E-state index contributed by atoms with van der Waals surface area (Å²) < 4.78 is 0. The SMILES string of the molecule is N#C[C@H]1[C@H](c2ccccc2)[C@@H](CO)N1C(=O)C1CCCC1. The van der Waals surface area contributed by atoms with E-state index in [-0.39, 0.29) is 30.4 Å². The molecule has 4 nitrogen and oxygen atoms in total. The highest BCUT2D eigenvalue weighted by atomic mass is 16.3. The van der Waals surface area contributed by atoms with E-state index in [0.717, 1.165) is 31.2 Å². The number of rotatable bonds is 3. The van der Waals surface area contributed by atoms with Crippen molar-refractivity contribution in [1.82, 2.24) is 4.90 Å². The first-order chi connectivity index (χ1) is 10.3. The lowest BCUT2D eigenvalue weighted by atomic mass is 9.75. The minimum Gasteiger partial charge on any atom is -0.394 e. The molecule has 1 aliphatic carbocycles. The molecular formula is C17H20N2O2. The van der Waals surface area contributed by atoms with Gasteiger partial charge in [-0.15, -0.1) is 0 Å². The highest BCUT2D eigenvalue weighted by Gasteiger charge is 2.52. The van der Waals surface area contributed by atoms with Gasteiger partial charge in [-0.05, 0) is 18.4 Å². The van der Waals surface area contributed by atoms with E-state index in [1.807, 2.05) is 30.3 Å². The Morgan fingerprint density at radius 3 is 2.52 bits per heavy atom. The highest BCUT2D eigenvalue weighted by molar-refractivity contribution is 5.81. The molecule has 0 radical (unpaired) electrons. The van der Waals surface area contributed by atoms with E-state index in [1.54, 1.807) is 4.90 Å². The second-order valence-corrected chi connectivity index (χ2v) is 5.99. The molecule has 1 saturated carbocycles. The number of nitrogens with zero attached hydrogens (tertiary/aromatic N) is 2. The molecule has 1 aromatic carbocycles. The molecule has 4 heteroatoms. The lowest BCUT2D eigenvalue weighted by Crippen LogP contribution is -2.66. The van der Waals surface area contributed by atoms with E-state index in [9.17, 15) is 15.2 Å². The van der Waals surface area contributed by atoms with E-state index in [4.69, 9.17) is 0 Å². The molecule has 1 saturated heterocycles. The van der Waals surface area contributed by atoms with Gasteiger partial charge in [-0.25, -0.2) is 0 Å². The summed E-state index contributed by atoms with van der Waals surface area (Å²) in [5, 5.41) is 19.2. The summed E-state index contributed by atoms with van der Waals surface area (Å²) >= 11 is 0. The fraction of sp³-hybridized carbons (Fsp3) is 0.529. The predicted molar refractivity (Wildman–Crippen MR) is 78.3 cm³/mol. The van der Waals surface area contributed by atoms with E-state index in [0.29, 0.717) is 0 Å². The zero-order valence-corrected chi connectivity index (χ0v) is 12.0. The van der Waals surface area contributed by atoms with E-state index < -0.39 is 6.04 Å². The number of benzene rings is 1. The molecule has 110 valence electrons. The number of hydrogen-bond donors (Lipinski definition) is 1. The number of carbonyl (C=O) groups is 1. The number of aliphatic hydroxyl groups is 1. The van der Waals surface area contributed by atoms with Crippen LogP contribution in [0, 0.1) is 17.2 Å². The molecule has 3 rings (SSSR count). The first kappa shape index (κ1) is 14.1. The van der Waals surface area contributed by atoms with Crippen molar-refractivity contribution in [1.29, 1.82) is 5.26 Å². The molecule has 1 amide bonds. The first-order valence-electron chi connectivity index (χ1n) is 7.65. The number of carbonyl (C=O) groups excluding carboxylic acids is 1. The molecule has 2 aliphatic rings. The van der Waals surface area contributed by atoms with Crippen molar-refractivity contribution < 1.29 is 9.90 Å². The maximum Gasteiger partial charge on any atom is 0.227 e. The maximum absolute atomic E-state index is 12.6. The average molecular weight is 284 g/mol. The van der Waals surface area contributed by atoms with Crippen LogP contribution in [0.4, 0.5) is 0 Å². The Morgan fingerprint density at radius 1 is 1.29 bits per heavy atom. The minimum atomic E-state index is -0.447. The molecular weight excluding hydrogens is 264 g/mol. The molecule has 0 aromatic heterocycles. The molecule has 1 heterocycles. The summed E-state index contributed by atoms with van der Waals surface area (Å²) in [6, 6.07) is 11.3. The van der Waals surface area contributed by atoms with Gasteiger partial charge in [0.05, 0.1) is 18.7 Å². The van der Waals surface area contributed by atoms with E-state index >= 15 is 0 Å². The fourth-order valence-corrected chi connectivity index (χ4v) is 3.77. The Kier molecular flexibility index (Phi) is 3.94. The molecule has 0 unspecified atom stereocenters. The average Bonchev–Trinajstić information content (AvgIpc) is 3.02. The monoisotopic (exact) mass is 284 g/mol. The van der Waals surface area contributed by atoms with Gasteiger partial charge in [0.2, 0.25) is 5.91 Å².